The average Bonchev–Trinajstić information content (AvgIpc) is 3.18. The number of amides is 1. The quantitative estimate of drug-likeness (QED) is 0.684. The highest BCUT2D eigenvalue weighted by atomic mass is 16.2. The van der Waals surface area contributed by atoms with Gasteiger partial charge in [0.05, 0.1) is 12.6 Å². The van der Waals surface area contributed by atoms with E-state index in [9.17, 15) is 9.59 Å². The Kier molecular flexibility index (Phi) is 4.03. The van der Waals surface area contributed by atoms with Crippen molar-refractivity contribution < 1.29 is 4.79 Å². The first-order valence-electron chi connectivity index (χ1n) is 9.51. The zero-order valence-electron chi connectivity index (χ0n) is 15.3. The first kappa shape index (κ1) is 16.9. The highest BCUT2D eigenvalue weighted by Crippen LogP contribution is 2.31. The summed E-state index contributed by atoms with van der Waals surface area (Å²) in [5, 5.41) is 4.59. The van der Waals surface area contributed by atoms with Gasteiger partial charge in [0.15, 0.2) is 0 Å². The lowest BCUT2D eigenvalue weighted by Gasteiger charge is -2.27. The van der Waals surface area contributed by atoms with Gasteiger partial charge < -0.3 is 4.90 Å². The van der Waals surface area contributed by atoms with Crippen molar-refractivity contribution in [2.75, 3.05) is 0 Å². The Morgan fingerprint density at radius 1 is 1.04 bits per heavy atom. The molecule has 28 heavy (non-hydrogen) atoms. The molecule has 142 valence electrons. The smallest absolute Gasteiger partial charge is 0.328 e. The van der Waals surface area contributed by atoms with Gasteiger partial charge in [-0.15, -0.1) is 0 Å². The second-order valence-electron chi connectivity index (χ2n) is 7.33. The molecule has 8 nitrogen and oxygen atoms in total. The Labute approximate surface area is 161 Å². The van der Waals surface area contributed by atoms with Gasteiger partial charge >= 0.3 is 5.69 Å². The van der Waals surface area contributed by atoms with E-state index in [1.807, 2.05) is 35.2 Å². The van der Waals surface area contributed by atoms with Crippen LogP contribution in [-0.2, 0) is 19.5 Å². The lowest BCUT2D eigenvalue weighted by Crippen LogP contribution is -2.43. The predicted molar refractivity (Wildman–Crippen MR) is 101 cm³/mol. The first-order valence-corrected chi connectivity index (χ1v) is 9.51. The van der Waals surface area contributed by atoms with Crippen LogP contribution in [0.1, 0.15) is 34.8 Å². The van der Waals surface area contributed by atoms with Crippen molar-refractivity contribution in [2.24, 2.45) is 0 Å². The SMILES string of the molecule is O=C(c1ncccn1)N1[C@@H]2CC[C@H]1Cc1nn(Cc3ccccc3)c(=O)n1C2. The van der Waals surface area contributed by atoms with Gasteiger partial charge in [0.25, 0.3) is 5.91 Å². The third kappa shape index (κ3) is 2.81. The van der Waals surface area contributed by atoms with E-state index < -0.39 is 0 Å². The molecule has 0 aliphatic carbocycles. The van der Waals surface area contributed by atoms with Crippen LogP contribution in [0.5, 0.6) is 0 Å². The summed E-state index contributed by atoms with van der Waals surface area (Å²) in [6.45, 7) is 0.924. The molecule has 2 aliphatic rings. The van der Waals surface area contributed by atoms with Gasteiger partial charge in [-0.3, -0.25) is 9.36 Å². The van der Waals surface area contributed by atoms with Crippen LogP contribution < -0.4 is 5.69 Å². The van der Waals surface area contributed by atoms with Crippen LogP contribution >= 0.6 is 0 Å². The summed E-state index contributed by atoms with van der Waals surface area (Å²) < 4.78 is 3.26. The molecule has 4 heterocycles. The lowest BCUT2D eigenvalue weighted by atomic mass is 10.1. The maximum absolute atomic E-state index is 13.0. The summed E-state index contributed by atoms with van der Waals surface area (Å²) in [5.74, 6) is 0.795. The highest BCUT2D eigenvalue weighted by molar-refractivity contribution is 5.91. The largest absolute Gasteiger partial charge is 0.346 e. The van der Waals surface area contributed by atoms with Crippen molar-refractivity contribution in [1.82, 2.24) is 29.2 Å². The van der Waals surface area contributed by atoms with E-state index in [1.165, 1.54) is 4.68 Å². The van der Waals surface area contributed by atoms with E-state index in [0.29, 0.717) is 19.5 Å². The van der Waals surface area contributed by atoms with E-state index in [2.05, 4.69) is 15.1 Å². The summed E-state index contributed by atoms with van der Waals surface area (Å²) in [6, 6.07) is 11.5. The molecule has 1 amide bonds. The fraction of sp³-hybridized carbons (Fsp3) is 0.350. The number of carbonyl (C=O) groups excluding carboxylic acids is 1. The summed E-state index contributed by atoms with van der Waals surface area (Å²) in [5.41, 5.74) is 0.925. The molecule has 3 aromatic rings. The Balaban J connectivity index is 1.44. The van der Waals surface area contributed by atoms with Crippen molar-refractivity contribution in [3.05, 3.63) is 76.5 Å². The number of hydrogen-bond donors (Lipinski definition) is 0. The number of nitrogens with zero attached hydrogens (tertiary/aromatic N) is 6. The Morgan fingerprint density at radius 2 is 1.79 bits per heavy atom. The van der Waals surface area contributed by atoms with Crippen LogP contribution in [0.2, 0.25) is 0 Å². The number of benzene rings is 1. The summed E-state index contributed by atoms with van der Waals surface area (Å²) in [4.78, 5) is 36.0. The van der Waals surface area contributed by atoms with Crippen LogP contribution in [-0.4, -0.2) is 47.2 Å². The van der Waals surface area contributed by atoms with Gasteiger partial charge in [0.2, 0.25) is 5.82 Å². The number of aromatic nitrogens is 5. The highest BCUT2D eigenvalue weighted by Gasteiger charge is 2.42. The van der Waals surface area contributed by atoms with E-state index in [1.54, 1.807) is 23.0 Å². The minimum atomic E-state index is -0.163. The molecule has 2 aromatic heterocycles. The maximum atomic E-state index is 13.0. The first-order chi connectivity index (χ1) is 13.7. The van der Waals surface area contributed by atoms with Gasteiger partial charge in [0, 0.05) is 31.4 Å². The lowest BCUT2D eigenvalue weighted by molar-refractivity contribution is 0.0652. The van der Waals surface area contributed by atoms with Crippen LogP contribution in [0.15, 0.2) is 53.6 Å². The second-order valence-corrected chi connectivity index (χ2v) is 7.33. The third-order valence-corrected chi connectivity index (χ3v) is 5.60. The fourth-order valence-corrected chi connectivity index (χ4v) is 4.30. The Bertz CT molecular complexity index is 1060. The molecule has 5 rings (SSSR count). The van der Waals surface area contributed by atoms with Crippen molar-refractivity contribution in [2.45, 2.75) is 44.4 Å². The van der Waals surface area contributed by atoms with Gasteiger partial charge in [-0.2, -0.15) is 5.10 Å². The number of hydrogen-bond acceptors (Lipinski definition) is 5. The number of fused-ring (bicyclic) bond motifs is 3. The van der Waals surface area contributed by atoms with E-state index in [4.69, 9.17) is 0 Å². The van der Waals surface area contributed by atoms with E-state index >= 15 is 0 Å². The number of rotatable bonds is 3. The number of carbonyl (C=O) groups is 1. The van der Waals surface area contributed by atoms with Crippen LogP contribution in [0, 0.1) is 0 Å². The molecule has 1 aromatic carbocycles. The average molecular weight is 376 g/mol. The normalized spacial score (nSPS) is 20.6. The molecule has 1 fully saturated rings. The van der Waals surface area contributed by atoms with Crippen molar-refractivity contribution in [3.63, 3.8) is 0 Å². The molecule has 1 saturated heterocycles. The molecule has 0 saturated carbocycles. The van der Waals surface area contributed by atoms with Crippen LogP contribution in [0.3, 0.4) is 0 Å². The summed E-state index contributed by atoms with van der Waals surface area (Å²) in [6.07, 6.45) is 5.51. The molecule has 8 heteroatoms. The molecule has 0 radical (unpaired) electrons. The molecule has 2 atom stereocenters. The molecule has 2 bridgehead atoms. The zero-order valence-corrected chi connectivity index (χ0v) is 15.3. The molecular formula is C20H20N6O2. The molecule has 0 unspecified atom stereocenters. The molecule has 0 spiro atoms. The predicted octanol–water partition coefficient (Wildman–Crippen LogP) is 1.11. The minimum Gasteiger partial charge on any atom is -0.328 e. The van der Waals surface area contributed by atoms with Crippen LogP contribution in [0.25, 0.3) is 0 Å². The molecule has 2 aliphatic heterocycles. The summed E-state index contributed by atoms with van der Waals surface area (Å²) >= 11 is 0. The fourth-order valence-electron chi connectivity index (χ4n) is 4.30. The Morgan fingerprint density at radius 3 is 2.57 bits per heavy atom. The van der Waals surface area contributed by atoms with Crippen molar-refractivity contribution in [3.8, 4) is 0 Å². The second kappa shape index (κ2) is 6.70. The monoisotopic (exact) mass is 376 g/mol. The van der Waals surface area contributed by atoms with Crippen molar-refractivity contribution >= 4 is 5.91 Å². The Hall–Kier alpha value is -3.29. The van der Waals surface area contributed by atoms with E-state index in [-0.39, 0.29) is 29.5 Å². The van der Waals surface area contributed by atoms with Gasteiger partial charge in [0.1, 0.15) is 5.82 Å². The van der Waals surface area contributed by atoms with Gasteiger partial charge in [-0.1, -0.05) is 30.3 Å². The van der Waals surface area contributed by atoms with Gasteiger partial charge in [-0.05, 0) is 24.5 Å². The topological polar surface area (TPSA) is 85.9 Å². The minimum absolute atomic E-state index is 0.0227. The van der Waals surface area contributed by atoms with Crippen molar-refractivity contribution in [1.29, 1.82) is 0 Å². The van der Waals surface area contributed by atoms with Crippen LogP contribution in [0.4, 0.5) is 0 Å². The standard InChI is InChI=1S/C20H20N6O2/c27-19(18-21-9-4-10-22-18)26-15-7-8-16(26)13-24-17(11-15)23-25(20(24)28)12-14-5-2-1-3-6-14/h1-6,9-10,15-16H,7-8,11-13H2/t15-,16+/m0/s1. The van der Waals surface area contributed by atoms with Gasteiger partial charge in [-0.25, -0.2) is 19.4 Å². The van der Waals surface area contributed by atoms with E-state index in [0.717, 1.165) is 24.2 Å². The molecule has 0 N–H and O–H groups in total. The zero-order chi connectivity index (χ0) is 19.1. The molecular weight excluding hydrogens is 356 g/mol. The summed E-state index contributed by atoms with van der Waals surface area (Å²) in [7, 11) is 0. The third-order valence-electron chi connectivity index (χ3n) is 5.60. The maximum Gasteiger partial charge on any atom is 0.346 e.